The van der Waals surface area contributed by atoms with Crippen LogP contribution in [0, 0.1) is 0 Å². The molecule has 0 heterocycles. The minimum absolute atomic E-state index is 0.122. The lowest BCUT2D eigenvalue weighted by Gasteiger charge is -2.03. The van der Waals surface area contributed by atoms with Crippen LogP contribution in [-0.4, -0.2) is 27.7 Å². The molecule has 0 amide bonds. The molecule has 0 atom stereocenters. The van der Waals surface area contributed by atoms with Crippen molar-refractivity contribution in [2.75, 3.05) is 27.7 Å². The van der Waals surface area contributed by atoms with Gasteiger partial charge in [0.15, 0.2) is 0 Å². The number of quaternary nitrogens is 1. The summed E-state index contributed by atoms with van der Waals surface area (Å²) < 4.78 is 0. The predicted octanol–water partition coefficient (Wildman–Crippen LogP) is 2.03. The molecular weight excluding hydrogens is 210 g/mol. The van der Waals surface area contributed by atoms with Crippen molar-refractivity contribution in [3.05, 3.63) is 0 Å². The first-order valence-corrected chi connectivity index (χ1v) is 7.50. The summed E-state index contributed by atoms with van der Waals surface area (Å²) in [4.78, 5) is 1.42. The second-order valence-electron chi connectivity index (χ2n) is 5.39. The van der Waals surface area contributed by atoms with Gasteiger partial charge in [-0.3, -0.25) is 0 Å². The summed E-state index contributed by atoms with van der Waals surface area (Å²) in [6.07, 6.45) is 13.0. The lowest BCUT2D eigenvalue weighted by Crippen LogP contribution is -3.02. The molecule has 0 aliphatic rings. The summed E-state index contributed by atoms with van der Waals surface area (Å²) in [5.74, 6) is 0. The first kappa shape index (κ1) is 19.3. The molecule has 106 valence electrons. The van der Waals surface area contributed by atoms with Crippen molar-refractivity contribution in [2.45, 2.75) is 71.1 Å². The number of unbranched alkanes of at least 4 members (excludes halogenated alkanes) is 9. The van der Waals surface area contributed by atoms with E-state index in [2.05, 4.69) is 28.1 Å². The molecule has 0 saturated carbocycles. The topological polar surface area (TPSA) is 27.5 Å². The Morgan fingerprint density at radius 3 is 1.24 bits per heavy atom. The van der Waals surface area contributed by atoms with Crippen molar-refractivity contribution >= 4 is 0 Å². The van der Waals surface area contributed by atoms with Crippen molar-refractivity contribution < 1.29 is 10.0 Å². The van der Waals surface area contributed by atoms with Crippen molar-refractivity contribution in [1.29, 1.82) is 0 Å². The SMILES string of the molecule is CCCCCCCCCCCC[O-].C[NH+](C)C. The molecule has 2 heteroatoms. The van der Waals surface area contributed by atoms with Gasteiger partial charge < -0.3 is 10.0 Å². The van der Waals surface area contributed by atoms with Crippen LogP contribution in [0.5, 0.6) is 0 Å². The van der Waals surface area contributed by atoms with Crippen LogP contribution >= 0.6 is 0 Å². The molecule has 0 radical (unpaired) electrons. The molecule has 1 N–H and O–H groups in total. The zero-order valence-corrected chi connectivity index (χ0v) is 12.7. The minimum Gasteiger partial charge on any atom is -0.854 e. The van der Waals surface area contributed by atoms with Crippen LogP contribution in [0.15, 0.2) is 0 Å². The van der Waals surface area contributed by atoms with Crippen LogP contribution in [0.1, 0.15) is 71.1 Å². The normalized spacial score (nSPS) is 10.2. The van der Waals surface area contributed by atoms with Gasteiger partial charge in [-0.1, -0.05) is 71.1 Å². The average Bonchev–Trinajstić information content (AvgIpc) is 2.26. The fourth-order valence-electron chi connectivity index (χ4n) is 1.59. The van der Waals surface area contributed by atoms with E-state index in [1.807, 2.05) is 0 Å². The third-order valence-electron chi connectivity index (χ3n) is 2.50. The summed E-state index contributed by atoms with van der Waals surface area (Å²) in [5.41, 5.74) is 0. The first-order valence-electron chi connectivity index (χ1n) is 7.50. The van der Waals surface area contributed by atoms with E-state index >= 15 is 0 Å². The van der Waals surface area contributed by atoms with Crippen LogP contribution < -0.4 is 10.0 Å². The second kappa shape index (κ2) is 18.3. The highest BCUT2D eigenvalue weighted by Gasteiger charge is 1.90. The van der Waals surface area contributed by atoms with Gasteiger partial charge in [-0.25, -0.2) is 0 Å². The van der Waals surface area contributed by atoms with E-state index in [1.54, 1.807) is 0 Å². The Kier molecular flexibility index (Phi) is 20.7. The lowest BCUT2D eigenvalue weighted by atomic mass is 10.1. The maximum absolute atomic E-state index is 10.1. The smallest absolute Gasteiger partial charge is 0.0661 e. The zero-order valence-electron chi connectivity index (χ0n) is 12.7. The Balaban J connectivity index is 0. The summed E-state index contributed by atoms with van der Waals surface area (Å²) in [5, 5.41) is 10.1. The molecule has 0 rings (SSSR count). The summed E-state index contributed by atoms with van der Waals surface area (Å²) >= 11 is 0. The van der Waals surface area contributed by atoms with Crippen LogP contribution in [0.25, 0.3) is 0 Å². The van der Waals surface area contributed by atoms with E-state index in [1.165, 1.54) is 56.3 Å². The van der Waals surface area contributed by atoms with Crippen LogP contribution in [0.4, 0.5) is 0 Å². The molecule has 0 aromatic heterocycles. The van der Waals surface area contributed by atoms with Gasteiger partial charge in [0.25, 0.3) is 0 Å². The van der Waals surface area contributed by atoms with E-state index in [0.29, 0.717) is 0 Å². The fourth-order valence-corrected chi connectivity index (χ4v) is 1.59. The third kappa shape index (κ3) is 31.3. The average molecular weight is 245 g/mol. The maximum atomic E-state index is 10.1. The zero-order chi connectivity index (χ0) is 13.4. The van der Waals surface area contributed by atoms with Gasteiger partial charge in [-0.05, 0) is 0 Å². The standard InChI is InChI=1S/C12H25O.C3H9N/c1-2-3-4-5-6-7-8-9-10-11-12-13;1-4(2)3/h2-12H2,1H3;1-3H3/q-1;/p+1. The van der Waals surface area contributed by atoms with E-state index < -0.39 is 0 Å². The molecule has 0 aromatic carbocycles. The van der Waals surface area contributed by atoms with E-state index in [-0.39, 0.29) is 6.61 Å². The number of rotatable bonds is 10. The number of hydrogen-bond acceptors (Lipinski definition) is 1. The third-order valence-corrected chi connectivity index (χ3v) is 2.50. The molecule has 0 aromatic rings. The highest BCUT2D eigenvalue weighted by molar-refractivity contribution is 4.46. The summed E-state index contributed by atoms with van der Waals surface area (Å²) in [7, 11) is 6.25. The highest BCUT2D eigenvalue weighted by atomic mass is 16.2. The fraction of sp³-hybridized carbons (Fsp3) is 1.00. The van der Waals surface area contributed by atoms with Gasteiger partial charge in [-0.2, -0.15) is 0 Å². The van der Waals surface area contributed by atoms with Crippen LogP contribution in [-0.2, 0) is 0 Å². The number of nitrogens with one attached hydrogen (secondary N) is 1. The molecule has 17 heavy (non-hydrogen) atoms. The van der Waals surface area contributed by atoms with Crippen LogP contribution in [0.3, 0.4) is 0 Å². The van der Waals surface area contributed by atoms with Gasteiger partial charge in [0.05, 0.1) is 21.1 Å². The van der Waals surface area contributed by atoms with Crippen molar-refractivity contribution in [3.8, 4) is 0 Å². The molecular formula is C15H35NO. The molecule has 0 saturated heterocycles. The minimum atomic E-state index is 0.122. The van der Waals surface area contributed by atoms with Gasteiger partial charge in [0.2, 0.25) is 0 Å². The largest absolute Gasteiger partial charge is 0.854 e. The molecule has 0 aliphatic carbocycles. The molecule has 0 unspecified atom stereocenters. The lowest BCUT2D eigenvalue weighted by molar-refractivity contribution is -0.836. The molecule has 0 aliphatic heterocycles. The highest BCUT2D eigenvalue weighted by Crippen LogP contribution is 2.09. The van der Waals surface area contributed by atoms with Gasteiger partial charge in [0.1, 0.15) is 0 Å². The van der Waals surface area contributed by atoms with E-state index in [4.69, 9.17) is 0 Å². The monoisotopic (exact) mass is 245 g/mol. The Bertz CT molecular complexity index is 103. The van der Waals surface area contributed by atoms with Gasteiger partial charge >= 0.3 is 0 Å². The van der Waals surface area contributed by atoms with Crippen molar-refractivity contribution in [3.63, 3.8) is 0 Å². The van der Waals surface area contributed by atoms with E-state index in [9.17, 15) is 5.11 Å². The Morgan fingerprint density at radius 1 is 0.647 bits per heavy atom. The number of hydrogen-bond donors (Lipinski definition) is 1. The Hall–Kier alpha value is -0.0800. The Morgan fingerprint density at radius 2 is 0.941 bits per heavy atom. The van der Waals surface area contributed by atoms with Crippen molar-refractivity contribution in [1.82, 2.24) is 0 Å². The van der Waals surface area contributed by atoms with Gasteiger partial charge in [-0.15, -0.1) is 6.61 Å². The predicted molar refractivity (Wildman–Crippen MR) is 75.4 cm³/mol. The second-order valence-corrected chi connectivity index (χ2v) is 5.39. The van der Waals surface area contributed by atoms with Crippen LogP contribution in [0.2, 0.25) is 0 Å². The van der Waals surface area contributed by atoms with Crippen molar-refractivity contribution in [2.24, 2.45) is 0 Å². The first-order chi connectivity index (χ1) is 8.15. The summed E-state index contributed by atoms with van der Waals surface area (Å²) in [6.45, 7) is 2.37. The summed E-state index contributed by atoms with van der Waals surface area (Å²) in [6, 6.07) is 0. The molecule has 0 fully saturated rings. The van der Waals surface area contributed by atoms with Gasteiger partial charge in [0, 0.05) is 0 Å². The quantitative estimate of drug-likeness (QED) is 0.586. The maximum Gasteiger partial charge on any atom is 0.0661 e. The Labute approximate surface area is 109 Å². The molecule has 0 bridgehead atoms. The molecule has 2 nitrogen and oxygen atoms in total. The van der Waals surface area contributed by atoms with E-state index in [0.717, 1.165) is 12.8 Å². The molecule has 0 spiro atoms.